The van der Waals surface area contributed by atoms with Gasteiger partial charge in [-0.25, -0.2) is 0 Å². The number of unbranched alkanes of at least 4 members (excludes halogenated alkanes) is 2. The average molecular weight is 793 g/mol. The van der Waals surface area contributed by atoms with Crippen molar-refractivity contribution in [3.8, 4) is 0 Å². The van der Waals surface area contributed by atoms with Crippen molar-refractivity contribution in [3.63, 3.8) is 0 Å². The molecule has 23 heteroatoms. The van der Waals surface area contributed by atoms with Gasteiger partial charge in [0.15, 0.2) is 25.2 Å². The van der Waals surface area contributed by atoms with Crippen molar-refractivity contribution >= 4 is 5.91 Å². The lowest BCUT2D eigenvalue weighted by molar-refractivity contribution is -0.381. The molecule has 4 saturated heterocycles. The Labute approximate surface area is 309 Å². The summed E-state index contributed by atoms with van der Waals surface area (Å²) in [4.78, 5) is 12.3. The maximum atomic E-state index is 12.3. The summed E-state index contributed by atoms with van der Waals surface area (Å²) in [6, 6.07) is -1.61. The Morgan fingerprint density at radius 2 is 1.02 bits per heavy atom. The molecule has 0 saturated carbocycles. The van der Waals surface area contributed by atoms with E-state index in [4.69, 9.17) is 43.6 Å². The zero-order chi connectivity index (χ0) is 39.9. The Morgan fingerprint density at radius 3 is 1.57 bits per heavy atom. The second-order valence-corrected chi connectivity index (χ2v) is 13.6. The molecule has 0 bridgehead atoms. The zero-order valence-electron chi connectivity index (χ0n) is 29.5. The van der Waals surface area contributed by atoms with E-state index >= 15 is 0 Å². The van der Waals surface area contributed by atoms with Crippen molar-refractivity contribution in [2.24, 2.45) is 5.73 Å². The Kier molecular flexibility index (Phi) is 17.5. The van der Waals surface area contributed by atoms with Gasteiger partial charge in [0.25, 0.3) is 0 Å². The minimum atomic E-state index is -2.00. The van der Waals surface area contributed by atoms with E-state index in [9.17, 15) is 66.1 Å². The van der Waals surface area contributed by atoms with E-state index in [0.717, 1.165) is 19.8 Å². The first-order valence-electron chi connectivity index (χ1n) is 17.8. The maximum absolute atomic E-state index is 12.3. The van der Waals surface area contributed by atoms with Crippen LogP contribution in [-0.2, 0) is 42.7 Å². The van der Waals surface area contributed by atoms with Crippen molar-refractivity contribution in [1.82, 2.24) is 5.32 Å². The van der Waals surface area contributed by atoms with E-state index in [0.29, 0.717) is 13.0 Å². The number of ether oxygens (including phenoxy) is 8. The molecule has 0 aromatic carbocycles. The van der Waals surface area contributed by atoms with E-state index in [1.807, 2.05) is 0 Å². The summed E-state index contributed by atoms with van der Waals surface area (Å²) < 4.78 is 45.2. The van der Waals surface area contributed by atoms with Crippen LogP contribution in [-0.4, -0.2) is 230 Å². The van der Waals surface area contributed by atoms with Crippen LogP contribution in [0.15, 0.2) is 0 Å². The van der Waals surface area contributed by atoms with Crippen molar-refractivity contribution in [3.05, 3.63) is 0 Å². The van der Waals surface area contributed by atoms with Crippen LogP contribution in [0, 0.1) is 0 Å². The van der Waals surface area contributed by atoms with Crippen molar-refractivity contribution < 1.29 is 104 Å². The predicted molar refractivity (Wildman–Crippen MR) is 172 cm³/mol. The highest BCUT2D eigenvalue weighted by molar-refractivity contribution is 5.73. The Bertz CT molecular complexity index is 1130. The van der Waals surface area contributed by atoms with Crippen LogP contribution in [0.5, 0.6) is 0 Å². The van der Waals surface area contributed by atoms with Crippen LogP contribution >= 0.6 is 0 Å². The fraction of sp³-hybridized carbons (Fsp3) is 0.968. The molecule has 316 valence electrons. The van der Waals surface area contributed by atoms with Gasteiger partial charge in [-0.2, -0.15) is 0 Å². The van der Waals surface area contributed by atoms with Gasteiger partial charge in [-0.1, -0.05) is 0 Å². The molecular weight excluding hydrogens is 736 g/mol. The highest BCUT2D eigenvalue weighted by Gasteiger charge is 2.55. The fourth-order valence-corrected chi connectivity index (χ4v) is 6.69. The normalized spacial score (nSPS) is 46.0. The highest BCUT2D eigenvalue weighted by atomic mass is 16.8. The number of hydrogen-bond donors (Lipinski definition) is 14. The molecule has 4 fully saturated rings. The number of nitrogens with one attached hydrogen (secondary N) is 1. The first kappa shape index (κ1) is 45.3. The van der Waals surface area contributed by atoms with Gasteiger partial charge in [0.05, 0.1) is 26.4 Å². The number of rotatable bonds is 17. The second kappa shape index (κ2) is 20.9. The Morgan fingerprint density at radius 1 is 0.537 bits per heavy atom. The van der Waals surface area contributed by atoms with Crippen LogP contribution in [0.1, 0.15) is 26.2 Å². The summed E-state index contributed by atoms with van der Waals surface area (Å²) >= 11 is 0. The van der Waals surface area contributed by atoms with E-state index in [-0.39, 0.29) is 6.61 Å². The molecule has 0 aliphatic carbocycles. The van der Waals surface area contributed by atoms with Crippen LogP contribution in [0.3, 0.4) is 0 Å². The van der Waals surface area contributed by atoms with E-state index < -0.39 is 155 Å². The lowest BCUT2D eigenvalue weighted by Crippen LogP contribution is -2.69. The summed E-state index contributed by atoms with van der Waals surface area (Å²) in [7, 11) is 0. The molecule has 4 aliphatic heterocycles. The van der Waals surface area contributed by atoms with Gasteiger partial charge in [-0.3, -0.25) is 4.79 Å². The number of nitrogens with two attached hydrogens (primary N) is 1. The average Bonchev–Trinajstić information content (AvgIpc) is 3.15. The minimum absolute atomic E-state index is 0.146. The molecule has 20 atom stereocenters. The molecular formula is C31H56N2O21. The summed E-state index contributed by atoms with van der Waals surface area (Å²) in [6.07, 6.45) is -30.3. The van der Waals surface area contributed by atoms with Gasteiger partial charge in [0.1, 0.15) is 97.6 Å². The SMILES string of the molecule is CC(=O)N[C@H]1[C@H](O[C@H]2[C@@H](O)[C@@H](CO)O[C@@H](O[C@H]3[C@H](O)[C@@H](O)[C@H](OCCCCCN)O[C@@H]3CO)[C@@H]2O)O[C@H](CO)[C@@H](O[C@@H]2O[C@H](CO)[C@H](O)[C@H](O)[C@H]2O)[C@@H]1O. The molecule has 0 aromatic heterocycles. The molecule has 0 spiro atoms. The van der Waals surface area contributed by atoms with E-state index in [1.165, 1.54) is 0 Å². The molecule has 4 rings (SSSR count). The summed E-state index contributed by atoms with van der Waals surface area (Å²) in [5.41, 5.74) is 5.49. The van der Waals surface area contributed by atoms with Gasteiger partial charge in [0, 0.05) is 13.5 Å². The molecule has 0 aromatic rings. The molecule has 23 nitrogen and oxygen atoms in total. The van der Waals surface area contributed by atoms with Crippen molar-refractivity contribution in [2.45, 2.75) is 149 Å². The number of hydrogen-bond acceptors (Lipinski definition) is 22. The quantitative estimate of drug-likeness (QED) is 0.0608. The highest BCUT2D eigenvalue weighted by Crippen LogP contribution is 2.34. The van der Waals surface area contributed by atoms with Gasteiger partial charge >= 0.3 is 0 Å². The summed E-state index contributed by atoms with van der Waals surface area (Å²) in [6.45, 7) is -1.62. The second-order valence-electron chi connectivity index (χ2n) is 13.6. The third-order valence-electron chi connectivity index (χ3n) is 9.72. The molecule has 0 unspecified atom stereocenters. The molecule has 4 aliphatic rings. The standard InChI is InChI=1S/C31H56N2O21/c1-11(38)33-16-19(41)25(52-30-22(44)20(42)17(39)12(7-34)48-30)14(9-36)50-28(16)54-27-18(40)13(8-35)49-31(24(27)46)53-26-15(10-37)51-29(23(45)21(26)43)47-6-4-2-3-5-32/h12-31,34-37,39-46H,2-10,32H2,1H3,(H,33,38)/t12-,13-,14-,15-,16-,17+,18+,19-,20+,21-,22-,23-,24-,25-,26-,27+,28+,29-,30+,31+/m1/s1. The van der Waals surface area contributed by atoms with E-state index in [1.54, 1.807) is 0 Å². The lowest BCUT2D eigenvalue weighted by atomic mass is 9.94. The molecule has 0 radical (unpaired) electrons. The Balaban J connectivity index is 1.51. The van der Waals surface area contributed by atoms with Crippen LogP contribution in [0.2, 0.25) is 0 Å². The van der Waals surface area contributed by atoms with Gasteiger partial charge in [0.2, 0.25) is 5.91 Å². The van der Waals surface area contributed by atoms with Crippen LogP contribution < -0.4 is 11.1 Å². The van der Waals surface area contributed by atoms with Crippen molar-refractivity contribution in [1.29, 1.82) is 0 Å². The smallest absolute Gasteiger partial charge is 0.217 e. The largest absolute Gasteiger partial charge is 0.394 e. The number of aliphatic hydroxyl groups excluding tert-OH is 12. The lowest BCUT2D eigenvalue weighted by Gasteiger charge is -2.50. The third-order valence-corrected chi connectivity index (χ3v) is 9.72. The molecule has 54 heavy (non-hydrogen) atoms. The monoisotopic (exact) mass is 792 g/mol. The first-order chi connectivity index (χ1) is 25.7. The van der Waals surface area contributed by atoms with Gasteiger partial charge < -0.3 is 110 Å². The number of carbonyl (C=O) groups excluding carboxylic acids is 1. The summed E-state index contributed by atoms with van der Waals surface area (Å²) in [5.74, 6) is -0.745. The zero-order valence-corrected chi connectivity index (χ0v) is 29.5. The minimum Gasteiger partial charge on any atom is -0.394 e. The maximum Gasteiger partial charge on any atom is 0.217 e. The molecule has 15 N–H and O–H groups in total. The Hall–Kier alpha value is -1.37. The molecule has 4 heterocycles. The topological polar surface area (TPSA) is 372 Å². The van der Waals surface area contributed by atoms with Gasteiger partial charge in [-0.05, 0) is 25.8 Å². The molecule has 1 amide bonds. The number of carbonyl (C=O) groups is 1. The number of amides is 1. The van der Waals surface area contributed by atoms with Crippen LogP contribution in [0.4, 0.5) is 0 Å². The number of aliphatic hydroxyl groups is 12. The predicted octanol–water partition coefficient (Wildman–Crippen LogP) is -8.45. The summed E-state index contributed by atoms with van der Waals surface area (Å²) in [5, 5.41) is 129. The fourth-order valence-electron chi connectivity index (χ4n) is 6.69. The van der Waals surface area contributed by atoms with E-state index in [2.05, 4.69) is 5.32 Å². The van der Waals surface area contributed by atoms with Gasteiger partial charge in [-0.15, -0.1) is 0 Å². The first-order valence-corrected chi connectivity index (χ1v) is 17.8. The third kappa shape index (κ3) is 10.4. The van der Waals surface area contributed by atoms with Crippen molar-refractivity contribution in [2.75, 3.05) is 39.6 Å². The van der Waals surface area contributed by atoms with Crippen LogP contribution in [0.25, 0.3) is 0 Å².